The quantitative estimate of drug-likeness (QED) is 0.248. The molecule has 0 atom stereocenters. The smallest absolute Gasteiger partial charge is 0.267 e. The average Bonchev–Trinajstić information content (AvgIpc) is 3.54. The summed E-state index contributed by atoms with van der Waals surface area (Å²) in [6.07, 6.45) is 3.27. The minimum Gasteiger partial charge on any atom is -0.495 e. The van der Waals surface area contributed by atoms with Crippen molar-refractivity contribution in [3.05, 3.63) is 93.3 Å². The molecule has 2 aromatic heterocycles. The molecule has 0 amide bonds. The maximum Gasteiger partial charge on any atom is 0.267 e. The van der Waals surface area contributed by atoms with E-state index in [1.165, 1.54) is 27.5 Å². The van der Waals surface area contributed by atoms with Gasteiger partial charge in [-0.25, -0.2) is 4.57 Å². The van der Waals surface area contributed by atoms with Crippen molar-refractivity contribution in [3.63, 3.8) is 0 Å². The molecule has 180 valence electrons. The first-order valence-corrected chi connectivity index (χ1v) is 12.9. The Morgan fingerprint density at radius 1 is 1.03 bits per heavy atom. The molecular weight excluding hydrogens is 472 g/mol. The zero-order valence-corrected chi connectivity index (χ0v) is 20.8. The summed E-state index contributed by atoms with van der Waals surface area (Å²) in [5.41, 5.74) is 5.41. The van der Waals surface area contributed by atoms with Crippen LogP contribution >= 0.6 is 11.8 Å². The highest BCUT2D eigenvalue weighted by Crippen LogP contribution is 2.29. The Bertz CT molecular complexity index is 1720. The van der Waals surface area contributed by atoms with Gasteiger partial charge in [0.2, 0.25) is 5.78 Å². The minimum absolute atomic E-state index is 0.0458. The normalized spacial score (nSPS) is 12.8. The number of carbonyl (C=O) groups is 1. The molecule has 0 bridgehead atoms. The molecule has 5 aromatic rings. The summed E-state index contributed by atoms with van der Waals surface area (Å²) in [6.45, 7) is 1.96. The molecule has 2 heterocycles. The van der Waals surface area contributed by atoms with Crippen molar-refractivity contribution in [2.75, 3.05) is 12.9 Å². The molecule has 6 rings (SSSR count). The summed E-state index contributed by atoms with van der Waals surface area (Å²) >= 11 is 1.32. The van der Waals surface area contributed by atoms with Crippen molar-refractivity contribution >= 4 is 34.2 Å². The van der Waals surface area contributed by atoms with E-state index >= 15 is 0 Å². The average molecular weight is 497 g/mol. The Morgan fingerprint density at radius 3 is 2.72 bits per heavy atom. The molecule has 1 aliphatic carbocycles. The fourth-order valence-corrected chi connectivity index (χ4v) is 5.76. The monoisotopic (exact) mass is 496 g/mol. The van der Waals surface area contributed by atoms with Crippen LogP contribution in [0.5, 0.6) is 5.75 Å². The van der Waals surface area contributed by atoms with Crippen molar-refractivity contribution in [1.82, 2.24) is 19.2 Å². The number of hydrogen-bond acceptors (Lipinski definition) is 6. The lowest BCUT2D eigenvalue weighted by Gasteiger charge is -2.14. The molecule has 0 unspecified atom stereocenters. The van der Waals surface area contributed by atoms with Gasteiger partial charge in [-0.2, -0.15) is 0 Å². The van der Waals surface area contributed by atoms with E-state index in [1.54, 1.807) is 13.2 Å². The first-order valence-electron chi connectivity index (χ1n) is 11.9. The van der Waals surface area contributed by atoms with E-state index in [0.29, 0.717) is 33.3 Å². The van der Waals surface area contributed by atoms with Gasteiger partial charge in [-0.05, 0) is 73.2 Å². The summed E-state index contributed by atoms with van der Waals surface area (Å²) in [6, 6.07) is 19.1. The second-order valence-corrected chi connectivity index (χ2v) is 9.94. The standard InChI is InChI=1S/C28H24N4O3S/c1-17-10-13-25(35-2)23(14-17)31-26(34)21-8-3-4-9-22(21)32-27(31)29-30-28(32)36-16-24(33)20-12-11-18-6-5-7-19(18)15-20/h3-4,8-15H,5-7,16H2,1-2H3. The summed E-state index contributed by atoms with van der Waals surface area (Å²) in [5.74, 6) is 1.20. The SMILES string of the molecule is COc1ccc(C)cc1-n1c(=O)c2ccccc2n2c(SCC(=O)c3ccc4c(c3)CCC4)nnc12. The van der Waals surface area contributed by atoms with E-state index in [9.17, 15) is 9.59 Å². The molecule has 0 saturated heterocycles. The van der Waals surface area contributed by atoms with Crippen LogP contribution in [0, 0.1) is 6.92 Å². The van der Waals surface area contributed by atoms with Crippen LogP contribution in [0.2, 0.25) is 0 Å². The lowest BCUT2D eigenvalue weighted by Crippen LogP contribution is -2.22. The van der Waals surface area contributed by atoms with Gasteiger partial charge in [0.15, 0.2) is 10.9 Å². The number of thioether (sulfide) groups is 1. The number of nitrogens with zero attached hydrogens (tertiary/aromatic N) is 4. The van der Waals surface area contributed by atoms with Gasteiger partial charge in [0.25, 0.3) is 5.56 Å². The number of aryl methyl sites for hydroxylation is 3. The highest BCUT2D eigenvalue weighted by molar-refractivity contribution is 7.99. The van der Waals surface area contributed by atoms with Crippen molar-refractivity contribution in [3.8, 4) is 11.4 Å². The zero-order valence-electron chi connectivity index (χ0n) is 20.0. The van der Waals surface area contributed by atoms with E-state index in [1.807, 2.05) is 59.9 Å². The number of methoxy groups -OCH3 is 1. The maximum absolute atomic E-state index is 13.6. The van der Waals surface area contributed by atoms with Crippen molar-refractivity contribution in [1.29, 1.82) is 0 Å². The number of carbonyl (C=O) groups excluding carboxylic acids is 1. The van der Waals surface area contributed by atoms with Gasteiger partial charge in [-0.1, -0.05) is 42.1 Å². The van der Waals surface area contributed by atoms with E-state index in [4.69, 9.17) is 4.74 Å². The topological polar surface area (TPSA) is 78.5 Å². The van der Waals surface area contributed by atoms with E-state index in [0.717, 1.165) is 30.4 Å². The maximum atomic E-state index is 13.6. The number of ether oxygens (including phenoxy) is 1. The van der Waals surface area contributed by atoms with Crippen molar-refractivity contribution in [2.24, 2.45) is 0 Å². The Morgan fingerprint density at radius 2 is 1.86 bits per heavy atom. The molecule has 36 heavy (non-hydrogen) atoms. The van der Waals surface area contributed by atoms with Gasteiger partial charge in [-0.3, -0.25) is 14.0 Å². The lowest BCUT2D eigenvalue weighted by atomic mass is 10.0. The Labute approximate surface area is 211 Å². The van der Waals surface area contributed by atoms with Gasteiger partial charge in [0.05, 0.1) is 29.5 Å². The third-order valence-electron chi connectivity index (χ3n) is 6.72. The van der Waals surface area contributed by atoms with E-state index < -0.39 is 0 Å². The van der Waals surface area contributed by atoms with Gasteiger partial charge in [0, 0.05) is 5.56 Å². The van der Waals surface area contributed by atoms with Crippen LogP contribution < -0.4 is 10.3 Å². The fraction of sp³-hybridized carbons (Fsp3) is 0.214. The molecule has 1 aliphatic rings. The molecular formula is C28H24N4O3S. The van der Waals surface area contributed by atoms with Gasteiger partial charge in [-0.15, -0.1) is 10.2 Å². The van der Waals surface area contributed by atoms with E-state index in [2.05, 4.69) is 16.3 Å². The second-order valence-electron chi connectivity index (χ2n) is 9.00. The van der Waals surface area contributed by atoms with Gasteiger partial charge >= 0.3 is 0 Å². The van der Waals surface area contributed by atoms with Crippen LogP contribution in [0.3, 0.4) is 0 Å². The van der Waals surface area contributed by atoms with Crippen LogP contribution in [-0.4, -0.2) is 37.8 Å². The van der Waals surface area contributed by atoms with Crippen LogP contribution in [-0.2, 0) is 12.8 Å². The first kappa shape index (κ1) is 22.5. The number of rotatable bonds is 6. The molecule has 7 nitrogen and oxygen atoms in total. The van der Waals surface area contributed by atoms with Crippen LogP contribution in [0.4, 0.5) is 0 Å². The van der Waals surface area contributed by atoms with Gasteiger partial charge in [0.1, 0.15) is 5.75 Å². The summed E-state index contributed by atoms with van der Waals surface area (Å²) in [4.78, 5) is 26.7. The molecule has 0 radical (unpaired) electrons. The van der Waals surface area contributed by atoms with Crippen molar-refractivity contribution < 1.29 is 9.53 Å². The number of benzene rings is 3. The summed E-state index contributed by atoms with van der Waals surface area (Å²) in [5, 5.41) is 9.87. The van der Waals surface area contributed by atoms with Crippen LogP contribution in [0.15, 0.2) is 70.6 Å². The largest absolute Gasteiger partial charge is 0.495 e. The first-order chi connectivity index (χ1) is 17.5. The molecule has 3 aromatic carbocycles. The molecule has 0 N–H and O–H groups in total. The number of ketones is 1. The molecule has 0 saturated carbocycles. The third kappa shape index (κ3) is 3.69. The number of fused-ring (bicyclic) bond motifs is 4. The number of aromatic nitrogens is 4. The van der Waals surface area contributed by atoms with Crippen LogP contribution in [0.25, 0.3) is 22.4 Å². The van der Waals surface area contributed by atoms with E-state index in [-0.39, 0.29) is 17.1 Å². The molecule has 0 fully saturated rings. The van der Waals surface area contributed by atoms with Crippen LogP contribution in [0.1, 0.15) is 33.5 Å². The Balaban J connectivity index is 1.45. The fourth-order valence-electron chi connectivity index (χ4n) is 4.92. The number of para-hydroxylation sites is 1. The zero-order chi connectivity index (χ0) is 24.8. The summed E-state index contributed by atoms with van der Waals surface area (Å²) in [7, 11) is 1.58. The van der Waals surface area contributed by atoms with Crippen molar-refractivity contribution in [2.45, 2.75) is 31.3 Å². The highest BCUT2D eigenvalue weighted by atomic mass is 32.2. The molecule has 0 aliphatic heterocycles. The molecule has 8 heteroatoms. The number of hydrogen-bond donors (Lipinski definition) is 0. The minimum atomic E-state index is -0.208. The Kier molecular flexibility index (Phi) is 5.60. The number of Topliss-reactive ketones (excluding diaryl/α,β-unsaturated/α-hetero) is 1. The summed E-state index contributed by atoms with van der Waals surface area (Å²) < 4.78 is 8.95. The Hall–Kier alpha value is -3.91. The second kappa shape index (κ2) is 8.95. The lowest BCUT2D eigenvalue weighted by molar-refractivity contribution is 0.102. The van der Waals surface area contributed by atoms with Gasteiger partial charge < -0.3 is 4.74 Å². The third-order valence-corrected chi connectivity index (χ3v) is 7.65. The highest BCUT2D eigenvalue weighted by Gasteiger charge is 2.21. The predicted molar refractivity (Wildman–Crippen MR) is 141 cm³/mol. The predicted octanol–water partition coefficient (Wildman–Crippen LogP) is 4.81. The molecule has 0 spiro atoms.